The van der Waals surface area contributed by atoms with Crippen LogP contribution in [-0.4, -0.2) is 28.2 Å². The van der Waals surface area contributed by atoms with Crippen molar-refractivity contribution in [1.29, 1.82) is 0 Å². The standard InChI is InChI=1S/C7H15N3O3/c8-5(7(11)12)3-1-2-4-6(9)10-13/h5,13H,1-4,8H2,(H2,9,10)(H,11,12)/t5-/m0/s1. The van der Waals surface area contributed by atoms with Gasteiger partial charge in [0.1, 0.15) is 11.9 Å². The van der Waals surface area contributed by atoms with Crippen LogP contribution in [0.5, 0.6) is 0 Å². The average Bonchev–Trinajstić information content (AvgIpc) is 2.11. The van der Waals surface area contributed by atoms with Crippen molar-refractivity contribution in [2.24, 2.45) is 16.6 Å². The second-order valence-electron chi connectivity index (χ2n) is 2.78. The minimum atomic E-state index is -0.996. The predicted octanol–water partition coefficient (Wildman–Crippen LogP) is -0.295. The van der Waals surface area contributed by atoms with Crippen molar-refractivity contribution in [2.75, 3.05) is 0 Å². The zero-order chi connectivity index (χ0) is 10.3. The van der Waals surface area contributed by atoms with E-state index in [1.807, 2.05) is 0 Å². The van der Waals surface area contributed by atoms with Crippen molar-refractivity contribution in [1.82, 2.24) is 0 Å². The average molecular weight is 189 g/mol. The zero-order valence-electron chi connectivity index (χ0n) is 7.31. The number of unbranched alkanes of at least 4 members (excludes halogenated alkanes) is 1. The largest absolute Gasteiger partial charge is 0.480 e. The lowest BCUT2D eigenvalue weighted by molar-refractivity contribution is -0.138. The molecule has 6 N–H and O–H groups in total. The Kier molecular flexibility index (Phi) is 5.62. The number of rotatable bonds is 6. The third-order valence-electron chi connectivity index (χ3n) is 1.64. The van der Waals surface area contributed by atoms with Crippen molar-refractivity contribution in [2.45, 2.75) is 31.7 Å². The van der Waals surface area contributed by atoms with Gasteiger partial charge in [0, 0.05) is 6.42 Å². The summed E-state index contributed by atoms with van der Waals surface area (Å²) in [6.45, 7) is 0. The topological polar surface area (TPSA) is 122 Å². The number of hydrogen-bond donors (Lipinski definition) is 4. The third kappa shape index (κ3) is 5.92. The van der Waals surface area contributed by atoms with Gasteiger partial charge in [-0.3, -0.25) is 4.79 Å². The van der Waals surface area contributed by atoms with Gasteiger partial charge in [-0.05, 0) is 12.8 Å². The molecule has 0 saturated heterocycles. The molecule has 76 valence electrons. The molecule has 6 heteroatoms. The second kappa shape index (κ2) is 6.24. The molecule has 13 heavy (non-hydrogen) atoms. The first-order chi connectivity index (χ1) is 6.07. The number of amidine groups is 1. The van der Waals surface area contributed by atoms with Crippen LogP contribution >= 0.6 is 0 Å². The molecule has 0 rings (SSSR count). The van der Waals surface area contributed by atoms with Gasteiger partial charge in [-0.25, -0.2) is 0 Å². The molecule has 0 aliphatic carbocycles. The van der Waals surface area contributed by atoms with E-state index in [-0.39, 0.29) is 5.84 Å². The van der Waals surface area contributed by atoms with Crippen LogP contribution in [0, 0.1) is 0 Å². The Hall–Kier alpha value is -1.30. The smallest absolute Gasteiger partial charge is 0.320 e. The fourth-order valence-corrected chi connectivity index (χ4v) is 0.844. The second-order valence-corrected chi connectivity index (χ2v) is 2.78. The molecule has 0 saturated carbocycles. The number of carboxylic acid groups (broad SMARTS) is 1. The van der Waals surface area contributed by atoms with E-state index in [2.05, 4.69) is 5.16 Å². The van der Waals surface area contributed by atoms with Gasteiger partial charge in [0.05, 0.1) is 0 Å². The minimum absolute atomic E-state index is 0.156. The van der Waals surface area contributed by atoms with Crippen LogP contribution in [-0.2, 0) is 4.79 Å². The highest BCUT2D eigenvalue weighted by atomic mass is 16.4. The van der Waals surface area contributed by atoms with E-state index in [4.69, 9.17) is 21.8 Å². The van der Waals surface area contributed by atoms with Gasteiger partial charge < -0.3 is 21.8 Å². The van der Waals surface area contributed by atoms with Crippen molar-refractivity contribution < 1.29 is 15.1 Å². The van der Waals surface area contributed by atoms with Crippen LogP contribution in [0.4, 0.5) is 0 Å². The first-order valence-corrected chi connectivity index (χ1v) is 4.02. The normalized spacial score (nSPS) is 14.1. The molecule has 0 amide bonds. The van der Waals surface area contributed by atoms with Gasteiger partial charge in [0.15, 0.2) is 0 Å². The van der Waals surface area contributed by atoms with Crippen molar-refractivity contribution >= 4 is 11.8 Å². The number of aliphatic carboxylic acids is 1. The summed E-state index contributed by atoms with van der Waals surface area (Å²) in [5, 5.41) is 19.4. The van der Waals surface area contributed by atoms with E-state index in [0.717, 1.165) is 0 Å². The van der Waals surface area contributed by atoms with Crippen molar-refractivity contribution in [3.8, 4) is 0 Å². The molecular weight excluding hydrogens is 174 g/mol. The summed E-state index contributed by atoms with van der Waals surface area (Å²) in [5.74, 6) is -0.840. The summed E-state index contributed by atoms with van der Waals surface area (Å²) in [7, 11) is 0. The Morgan fingerprint density at radius 3 is 2.54 bits per heavy atom. The number of nitrogens with zero attached hydrogens (tertiary/aromatic N) is 1. The van der Waals surface area contributed by atoms with Gasteiger partial charge in [-0.1, -0.05) is 11.6 Å². The Labute approximate surface area is 76.2 Å². The van der Waals surface area contributed by atoms with Crippen molar-refractivity contribution in [3.63, 3.8) is 0 Å². The minimum Gasteiger partial charge on any atom is -0.480 e. The summed E-state index contributed by atoms with van der Waals surface area (Å²) in [5.41, 5.74) is 10.5. The van der Waals surface area contributed by atoms with Crippen LogP contribution in [0.15, 0.2) is 5.16 Å². The van der Waals surface area contributed by atoms with Crippen LogP contribution < -0.4 is 11.5 Å². The van der Waals surface area contributed by atoms with Gasteiger partial charge in [0.2, 0.25) is 0 Å². The van der Waals surface area contributed by atoms with E-state index in [0.29, 0.717) is 25.7 Å². The lowest BCUT2D eigenvalue weighted by atomic mass is 10.1. The molecule has 6 nitrogen and oxygen atoms in total. The first-order valence-electron chi connectivity index (χ1n) is 4.02. The van der Waals surface area contributed by atoms with E-state index >= 15 is 0 Å². The van der Waals surface area contributed by atoms with Crippen molar-refractivity contribution in [3.05, 3.63) is 0 Å². The van der Waals surface area contributed by atoms with Gasteiger partial charge in [-0.2, -0.15) is 0 Å². The molecule has 0 unspecified atom stereocenters. The molecule has 0 fully saturated rings. The molecule has 0 aromatic carbocycles. The van der Waals surface area contributed by atoms with Gasteiger partial charge in [0.25, 0.3) is 0 Å². The monoisotopic (exact) mass is 189 g/mol. The molecule has 0 heterocycles. The fraction of sp³-hybridized carbons (Fsp3) is 0.714. The maximum atomic E-state index is 10.3. The lowest BCUT2D eigenvalue weighted by Gasteiger charge is -2.04. The molecule has 0 aromatic rings. The molecule has 0 radical (unpaired) electrons. The zero-order valence-corrected chi connectivity index (χ0v) is 7.31. The summed E-state index contributed by atoms with van der Waals surface area (Å²) in [4.78, 5) is 10.3. The Morgan fingerprint density at radius 1 is 1.46 bits per heavy atom. The Bertz CT molecular complexity index is 193. The van der Waals surface area contributed by atoms with Crippen LogP contribution in [0.25, 0.3) is 0 Å². The van der Waals surface area contributed by atoms with E-state index in [1.54, 1.807) is 0 Å². The highest BCUT2D eigenvalue weighted by Gasteiger charge is 2.09. The summed E-state index contributed by atoms with van der Waals surface area (Å²) in [6, 6.07) is -0.813. The van der Waals surface area contributed by atoms with Crippen LogP contribution in [0.1, 0.15) is 25.7 Å². The molecular formula is C7H15N3O3. The predicted molar refractivity (Wildman–Crippen MR) is 47.5 cm³/mol. The van der Waals surface area contributed by atoms with E-state index in [1.165, 1.54) is 0 Å². The molecule has 0 aliphatic heterocycles. The number of oxime groups is 1. The Balaban J connectivity index is 3.41. The van der Waals surface area contributed by atoms with Gasteiger partial charge in [-0.15, -0.1) is 0 Å². The van der Waals surface area contributed by atoms with Gasteiger partial charge >= 0.3 is 5.97 Å². The quantitative estimate of drug-likeness (QED) is 0.150. The molecule has 0 aliphatic rings. The molecule has 0 aromatic heterocycles. The number of hydrogen-bond acceptors (Lipinski definition) is 4. The van der Waals surface area contributed by atoms with Crippen LogP contribution in [0.2, 0.25) is 0 Å². The van der Waals surface area contributed by atoms with Crippen LogP contribution in [0.3, 0.4) is 0 Å². The highest BCUT2D eigenvalue weighted by Crippen LogP contribution is 2.02. The maximum Gasteiger partial charge on any atom is 0.320 e. The number of nitrogens with two attached hydrogens (primary N) is 2. The van der Waals surface area contributed by atoms with E-state index < -0.39 is 12.0 Å². The number of carbonyl (C=O) groups is 1. The summed E-state index contributed by atoms with van der Waals surface area (Å²) < 4.78 is 0. The SMILES string of the molecule is N/C(CCCC[C@H](N)C(=O)O)=N\O. The maximum absolute atomic E-state index is 10.3. The summed E-state index contributed by atoms with van der Waals surface area (Å²) in [6.07, 6.45) is 2.21. The fourth-order valence-electron chi connectivity index (χ4n) is 0.844. The highest BCUT2D eigenvalue weighted by molar-refractivity contribution is 5.79. The molecule has 0 bridgehead atoms. The summed E-state index contributed by atoms with van der Waals surface area (Å²) >= 11 is 0. The number of carboxylic acids is 1. The molecule has 0 spiro atoms. The first kappa shape index (κ1) is 11.7. The lowest BCUT2D eigenvalue weighted by Crippen LogP contribution is -2.29. The van der Waals surface area contributed by atoms with E-state index in [9.17, 15) is 4.79 Å². The molecule has 1 atom stereocenters. The third-order valence-corrected chi connectivity index (χ3v) is 1.64. The Morgan fingerprint density at radius 2 is 2.08 bits per heavy atom.